The second-order valence-corrected chi connectivity index (χ2v) is 18.8. The Morgan fingerprint density at radius 1 is 0.839 bits per heavy atom. The molecule has 56 heavy (non-hydrogen) atoms. The monoisotopic (exact) mass is 909 g/mol. The molecule has 0 aromatic heterocycles. The van der Waals surface area contributed by atoms with Crippen LogP contribution in [0.3, 0.4) is 0 Å². The molecule has 0 aliphatic carbocycles. The van der Waals surface area contributed by atoms with Crippen LogP contribution in [-0.2, 0) is 35.2 Å². The number of carbonyl (C=O) groups is 2. The molecule has 13 nitrogen and oxygen atoms in total. The van der Waals surface area contributed by atoms with Crippen molar-refractivity contribution < 1.29 is 38.6 Å². The number of nitrogens with zero attached hydrogens (tertiary/aromatic N) is 4. The predicted octanol–water partition coefficient (Wildman–Crippen LogP) is 9.38. The molecule has 3 heterocycles. The van der Waals surface area contributed by atoms with Crippen LogP contribution in [0.1, 0.15) is 99.6 Å². The number of hydrogen-bond donors (Lipinski definition) is 2. The Labute approximate surface area is 349 Å². The molecule has 2 saturated heterocycles. The lowest BCUT2D eigenvalue weighted by Gasteiger charge is -2.29. The van der Waals surface area contributed by atoms with E-state index < -0.39 is 28.7 Å². The van der Waals surface area contributed by atoms with Gasteiger partial charge < -0.3 is 34.7 Å². The maximum Gasteiger partial charge on any atom is 0.410 e. The van der Waals surface area contributed by atoms with E-state index in [4.69, 9.17) is 34.7 Å². The lowest BCUT2D eigenvalue weighted by Crippen LogP contribution is -2.46. The fourth-order valence-corrected chi connectivity index (χ4v) is 7.11. The molecule has 0 saturated carbocycles. The van der Waals surface area contributed by atoms with Gasteiger partial charge in [0.15, 0.2) is 17.2 Å². The van der Waals surface area contributed by atoms with Gasteiger partial charge in [-0.2, -0.15) is 0 Å². The second-order valence-electron chi connectivity index (χ2n) is 17.0. The van der Waals surface area contributed by atoms with Gasteiger partial charge in [-0.05, 0) is 110 Å². The Morgan fingerprint density at radius 3 is 1.79 bits per heavy atom. The van der Waals surface area contributed by atoms with Crippen molar-refractivity contribution in [2.24, 2.45) is 27.9 Å². The first kappa shape index (κ1) is 47.0. The van der Waals surface area contributed by atoms with Crippen molar-refractivity contribution in [3.63, 3.8) is 0 Å². The Morgan fingerprint density at radius 2 is 1.30 bits per heavy atom. The summed E-state index contributed by atoms with van der Waals surface area (Å²) < 4.78 is 23.5. The van der Waals surface area contributed by atoms with Gasteiger partial charge in [-0.15, -0.1) is 0 Å². The number of ether oxygens (including phenoxy) is 4. The fraction of sp³-hybridized carbons (Fsp3) is 0.610. The van der Waals surface area contributed by atoms with E-state index in [0.717, 1.165) is 32.2 Å². The molecule has 2 aromatic carbocycles. The first-order chi connectivity index (χ1) is 25.9. The number of likely N-dealkylation sites (tertiary alicyclic amines) is 2. The van der Waals surface area contributed by atoms with Gasteiger partial charge in [0.1, 0.15) is 11.2 Å². The van der Waals surface area contributed by atoms with Crippen molar-refractivity contribution in [3.05, 3.63) is 68.6 Å². The van der Waals surface area contributed by atoms with E-state index >= 15 is 0 Å². The third-order valence-electron chi connectivity index (χ3n) is 9.60. The Balaban J connectivity index is 0.000000242. The number of carbonyl (C=O) groups excluding carboxylic acids is 2. The summed E-state index contributed by atoms with van der Waals surface area (Å²) in [5.74, 6) is 0.128. The summed E-state index contributed by atoms with van der Waals surface area (Å²) in [6.07, 6.45) is 1.56. The maximum absolute atomic E-state index is 12.6. The van der Waals surface area contributed by atoms with Crippen molar-refractivity contribution in [1.29, 1.82) is 0 Å². The average molecular weight is 912 g/mol. The molecule has 3 aliphatic heterocycles. The number of benzene rings is 2. The molecule has 15 heteroatoms. The molecular weight excluding hydrogens is 850 g/mol. The quantitative estimate of drug-likeness (QED) is 0.0948. The van der Waals surface area contributed by atoms with E-state index in [2.05, 4.69) is 49.1 Å². The molecule has 0 spiro atoms. The largest absolute Gasteiger partial charge is 0.444 e. The highest BCUT2D eigenvalue weighted by atomic mass is 79.9. The van der Waals surface area contributed by atoms with Crippen molar-refractivity contribution in [2.45, 2.75) is 123 Å². The minimum atomic E-state index is -0.652. The van der Waals surface area contributed by atoms with E-state index in [1.807, 2.05) is 116 Å². The number of amides is 2. The average Bonchev–Trinajstić information content (AvgIpc) is 3.84. The third-order valence-corrected chi connectivity index (χ3v) is 10.7. The number of halogens is 2. The van der Waals surface area contributed by atoms with Crippen LogP contribution in [0.15, 0.2) is 67.8 Å². The zero-order valence-electron chi connectivity index (χ0n) is 34.9. The van der Waals surface area contributed by atoms with Gasteiger partial charge in [0, 0.05) is 48.2 Å². The standard InChI is InChI=1S/C20H27BrN2O3.C11H21N3O3.C10H13BrO2/c1-13-10-17(23(12-13)18(24)25-19(2,3)4)16-11-20(5,26-22-16)14-6-8-15(21)9-7-14;1-7-5-8(9(12)13-16)14(6-7)10(15)17-11(2,3)4;1-10(12-2,13-3)8-4-6-9(11)7-5-8/h6-9,13,17H,10-12H2,1-5H3;7-8,16H,5-6H2,1-4H3,(H2,12,13);4-7H,1-3H3/t13-,17+,20?;7-,8+;/m11./s1. The molecule has 2 aromatic rings. The highest BCUT2D eigenvalue weighted by Gasteiger charge is 2.45. The van der Waals surface area contributed by atoms with Crippen molar-refractivity contribution in [1.82, 2.24) is 9.80 Å². The maximum atomic E-state index is 12.6. The molecule has 0 bridgehead atoms. The summed E-state index contributed by atoms with van der Waals surface area (Å²) >= 11 is 6.84. The lowest BCUT2D eigenvalue weighted by molar-refractivity contribution is -0.201. The van der Waals surface area contributed by atoms with Gasteiger partial charge >= 0.3 is 12.2 Å². The first-order valence-electron chi connectivity index (χ1n) is 18.8. The smallest absolute Gasteiger partial charge is 0.410 e. The van der Waals surface area contributed by atoms with Crippen LogP contribution < -0.4 is 5.73 Å². The van der Waals surface area contributed by atoms with Crippen molar-refractivity contribution in [2.75, 3.05) is 27.3 Å². The summed E-state index contributed by atoms with van der Waals surface area (Å²) in [5.41, 5.74) is 7.04. The van der Waals surface area contributed by atoms with Gasteiger partial charge in [-0.3, -0.25) is 9.80 Å². The van der Waals surface area contributed by atoms with Crippen molar-refractivity contribution in [3.8, 4) is 0 Å². The summed E-state index contributed by atoms with van der Waals surface area (Å²) in [6.45, 7) is 20.4. The molecule has 1 unspecified atom stereocenters. The SMILES string of the molecule is COC(C)(OC)c1ccc(Br)cc1.C[C@@H]1C[C@@H](/C(N)=N/O)N(C(=O)OC(C)(C)C)C1.C[C@@H]1C[C@@H](C2=NOC(C)(c3ccc(Br)cc3)C2)N(C(=O)OC(C)(C)C)C1. The normalized spacial score (nSPS) is 24.0. The summed E-state index contributed by atoms with van der Waals surface area (Å²) in [6, 6.07) is 15.5. The third kappa shape index (κ3) is 13.1. The summed E-state index contributed by atoms with van der Waals surface area (Å²) in [7, 11) is 3.26. The molecule has 2 amide bonds. The number of nitrogens with two attached hydrogens (primary N) is 1. The minimum Gasteiger partial charge on any atom is -0.444 e. The Kier molecular flexibility index (Phi) is 16.2. The highest BCUT2D eigenvalue weighted by molar-refractivity contribution is 9.10. The van der Waals surface area contributed by atoms with E-state index in [1.54, 1.807) is 14.2 Å². The van der Waals surface area contributed by atoms with Gasteiger partial charge in [0.05, 0.1) is 17.8 Å². The van der Waals surface area contributed by atoms with Crippen LogP contribution in [0.2, 0.25) is 0 Å². The van der Waals surface area contributed by atoms with E-state index in [0.29, 0.717) is 37.8 Å². The molecule has 3 N–H and O–H groups in total. The molecular formula is C41H61Br2N5O8. The molecule has 312 valence electrons. The zero-order valence-corrected chi connectivity index (χ0v) is 38.1. The number of amidine groups is 1. The van der Waals surface area contributed by atoms with Gasteiger partial charge in [0.2, 0.25) is 0 Å². The summed E-state index contributed by atoms with van der Waals surface area (Å²) in [4.78, 5) is 33.8. The van der Waals surface area contributed by atoms with Crippen LogP contribution >= 0.6 is 31.9 Å². The lowest BCUT2D eigenvalue weighted by atomic mass is 9.88. The fourth-order valence-electron chi connectivity index (χ4n) is 6.58. The first-order valence-corrected chi connectivity index (χ1v) is 20.4. The predicted molar refractivity (Wildman–Crippen MR) is 225 cm³/mol. The van der Waals surface area contributed by atoms with E-state index in [1.165, 1.54) is 4.90 Å². The number of hydrogen-bond acceptors (Lipinski definition) is 10. The van der Waals surface area contributed by atoms with E-state index in [-0.39, 0.29) is 24.0 Å². The number of oxime groups is 2. The molecule has 0 radical (unpaired) electrons. The minimum absolute atomic E-state index is 0.0557. The van der Waals surface area contributed by atoms with E-state index in [9.17, 15) is 9.59 Å². The topological polar surface area (TPSA) is 158 Å². The van der Waals surface area contributed by atoms with Gasteiger partial charge in [0.25, 0.3) is 0 Å². The van der Waals surface area contributed by atoms with Crippen molar-refractivity contribution >= 4 is 55.6 Å². The molecule has 5 rings (SSSR count). The van der Waals surface area contributed by atoms with Crippen LogP contribution in [-0.4, -0.2) is 89.3 Å². The number of rotatable bonds is 6. The van der Waals surface area contributed by atoms with Crippen LogP contribution in [0.4, 0.5) is 9.59 Å². The Bertz CT molecular complexity index is 1670. The Hall–Kier alpha value is -3.40. The highest BCUT2D eigenvalue weighted by Crippen LogP contribution is 2.39. The number of methoxy groups -OCH3 is 2. The second kappa shape index (κ2) is 19.4. The zero-order chi connectivity index (χ0) is 42.2. The molecule has 5 atom stereocenters. The van der Waals surface area contributed by atoms with Crippen LogP contribution in [0.5, 0.6) is 0 Å². The van der Waals surface area contributed by atoms with Gasteiger partial charge in [-0.1, -0.05) is 80.3 Å². The summed E-state index contributed by atoms with van der Waals surface area (Å²) in [5, 5.41) is 16.1. The molecule has 3 aliphatic rings. The van der Waals surface area contributed by atoms with Crippen LogP contribution in [0.25, 0.3) is 0 Å². The molecule has 2 fully saturated rings. The van der Waals surface area contributed by atoms with Gasteiger partial charge in [-0.25, -0.2) is 9.59 Å². The van der Waals surface area contributed by atoms with Crippen LogP contribution in [0, 0.1) is 11.8 Å².